The molecule has 23 heavy (non-hydrogen) atoms. The van der Waals surface area contributed by atoms with Crippen LogP contribution in [0.4, 0.5) is 14.9 Å². The van der Waals surface area contributed by atoms with Crippen LogP contribution in [0.25, 0.3) is 0 Å². The van der Waals surface area contributed by atoms with Crippen molar-refractivity contribution in [1.29, 1.82) is 0 Å². The molecule has 0 saturated heterocycles. The smallest absolute Gasteiger partial charge is 0.407 e. The molecule has 2 atom stereocenters. The number of nitrogens with one attached hydrogen (secondary N) is 1. The second-order valence-corrected chi connectivity index (χ2v) is 5.83. The van der Waals surface area contributed by atoms with Gasteiger partial charge in [-0.2, -0.15) is 4.39 Å². The Morgan fingerprint density at radius 2 is 2.04 bits per heavy atom. The van der Waals surface area contributed by atoms with Crippen molar-refractivity contribution in [3.05, 3.63) is 39.7 Å². The highest BCUT2D eigenvalue weighted by molar-refractivity contribution is 5.67. The van der Waals surface area contributed by atoms with Gasteiger partial charge in [0, 0.05) is 6.54 Å². The van der Waals surface area contributed by atoms with Gasteiger partial charge >= 0.3 is 11.8 Å². The van der Waals surface area contributed by atoms with Crippen molar-refractivity contribution in [2.45, 2.75) is 38.6 Å². The summed E-state index contributed by atoms with van der Waals surface area (Å²) in [5, 5.41) is 32.9. The van der Waals surface area contributed by atoms with Gasteiger partial charge in [-0.25, -0.2) is 4.79 Å². The minimum Gasteiger partial charge on any atom is -0.444 e. The number of rotatable bonds is 5. The summed E-state index contributed by atoms with van der Waals surface area (Å²) in [4.78, 5) is 21.3. The molecule has 1 amide bonds. The number of alkyl carbamates (subject to hydrolysis) is 1. The molecule has 1 aromatic rings. The monoisotopic (exact) mass is 330 g/mol. The Balaban J connectivity index is 2.78. The summed E-state index contributed by atoms with van der Waals surface area (Å²) in [6, 6.07) is 3.18. The lowest BCUT2D eigenvalue weighted by Crippen LogP contribution is -2.39. The Hall–Kier alpha value is -2.26. The molecule has 0 spiro atoms. The molecule has 0 heterocycles. The number of amides is 1. The molecule has 3 N–H and O–H groups in total. The maximum Gasteiger partial charge on any atom is 0.407 e. The summed E-state index contributed by atoms with van der Waals surface area (Å²) < 4.78 is 18.4. The van der Waals surface area contributed by atoms with Crippen molar-refractivity contribution in [1.82, 2.24) is 5.32 Å². The van der Waals surface area contributed by atoms with Gasteiger partial charge in [-0.1, -0.05) is 6.07 Å². The molecule has 1 rings (SSSR count). The molecule has 0 aliphatic heterocycles. The summed E-state index contributed by atoms with van der Waals surface area (Å²) >= 11 is 0. The Morgan fingerprint density at radius 1 is 1.43 bits per heavy atom. The summed E-state index contributed by atoms with van der Waals surface area (Å²) in [7, 11) is 0. The number of nitro groups is 1. The molecular weight excluding hydrogens is 311 g/mol. The third-order valence-electron chi connectivity index (χ3n) is 2.74. The van der Waals surface area contributed by atoms with Crippen LogP contribution in [-0.2, 0) is 4.74 Å². The normalized spacial score (nSPS) is 14.0. The van der Waals surface area contributed by atoms with Crippen molar-refractivity contribution in [3.63, 3.8) is 0 Å². The number of halogens is 1. The first-order valence-electron chi connectivity index (χ1n) is 6.78. The van der Waals surface area contributed by atoms with Crippen LogP contribution < -0.4 is 5.32 Å². The highest BCUT2D eigenvalue weighted by Gasteiger charge is 2.29. The lowest BCUT2D eigenvalue weighted by Gasteiger charge is -2.22. The standard InChI is InChI=1S/C14H19FN2O6/c1-14(2,3)23-13(20)16-7-10(18)12(19)8-5-4-6-9(15)11(8)17(21)22/h4-6,10,12,18-19H,7H2,1-3H3,(H,16,20). The number of carbonyl (C=O) groups is 1. The number of ether oxygens (including phenoxy) is 1. The van der Waals surface area contributed by atoms with Crippen LogP contribution >= 0.6 is 0 Å². The van der Waals surface area contributed by atoms with Crippen LogP contribution in [0.1, 0.15) is 32.4 Å². The minimum atomic E-state index is -1.75. The lowest BCUT2D eigenvalue weighted by atomic mass is 10.0. The third kappa shape index (κ3) is 5.46. The quantitative estimate of drug-likeness (QED) is 0.557. The maximum atomic E-state index is 13.5. The van der Waals surface area contributed by atoms with E-state index in [4.69, 9.17) is 4.74 Å². The van der Waals surface area contributed by atoms with Crippen molar-refractivity contribution in [3.8, 4) is 0 Å². The molecule has 0 fully saturated rings. The molecule has 1 aromatic carbocycles. The fourth-order valence-electron chi connectivity index (χ4n) is 1.78. The average Bonchev–Trinajstić information content (AvgIpc) is 2.41. The van der Waals surface area contributed by atoms with Gasteiger partial charge in [0.05, 0.1) is 10.5 Å². The summed E-state index contributed by atoms with van der Waals surface area (Å²) in [5.74, 6) is -1.13. The van der Waals surface area contributed by atoms with Crippen LogP contribution in [0.3, 0.4) is 0 Å². The number of aliphatic hydroxyl groups excluding tert-OH is 2. The molecular formula is C14H19FN2O6. The van der Waals surface area contributed by atoms with Gasteiger partial charge in [-0.3, -0.25) is 10.1 Å². The van der Waals surface area contributed by atoms with Crippen molar-refractivity contribution in [2.75, 3.05) is 6.54 Å². The molecule has 0 saturated carbocycles. The Bertz CT molecular complexity index is 587. The number of hydrogen-bond donors (Lipinski definition) is 3. The molecule has 128 valence electrons. The molecule has 0 aliphatic rings. The summed E-state index contributed by atoms with van der Waals surface area (Å²) in [5.41, 5.74) is -2.04. The first-order chi connectivity index (χ1) is 10.5. The van der Waals surface area contributed by atoms with E-state index >= 15 is 0 Å². The van der Waals surface area contributed by atoms with Crippen LogP contribution in [0, 0.1) is 15.9 Å². The van der Waals surface area contributed by atoms with Gasteiger partial charge in [0.1, 0.15) is 17.8 Å². The number of para-hydroxylation sites is 1. The predicted octanol–water partition coefficient (Wildman–Crippen LogP) is 1.65. The fourth-order valence-corrected chi connectivity index (χ4v) is 1.78. The number of nitro benzene ring substituents is 1. The van der Waals surface area contributed by atoms with Gasteiger partial charge < -0.3 is 20.3 Å². The largest absolute Gasteiger partial charge is 0.444 e. The molecule has 0 aliphatic carbocycles. The second-order valence-electron chi connectivity index (χ2n) is 5.83. The van der Waals surface area contributed by atoms with E-state index < -0.39 is 46.9 Å². The molecule has 2 unspecified atom stereocenters. The van der Waals surface area contributed by atoms with Crippen LogP contribution in [0.2, 0.25) is 0 Å². The number of hydrogen-bond acceptors (Lipinski definition) is 6. The SMILES string of the molecule is CC(C)(C)OC(=O)NCC(O)C(O)c1cccc(F)c1[N+](=O)[O-]. The third-order valence-corrected chi connectivity index (χ3v) is 2.74. The Morgan fingerprint density at radius 3 is 2.57 bits per heavy atom. The van der Waals surface area contributed by atoms with Crippen LogP contribution in [0.15, 0.2) is 18.2 Å². The van der Waals surface area contributed by atoms with Crippen molar-refractivity contribution in [2.24, 2.45) is 0 Å². The first-order valence-corrected chi connectivity index (χ1v) is 6.78. The van der Waals surface area contributed by atoms with E-state index in [1.165, 1.54) is 6.07 Å². The highest BCUT2D eigenvalue weighted by Crippen LogP contribution is 2.29. The van der Waals surface area contributed by atoms with E-state index in [0.29, 0.717) is 0 Å². The molecule has 0 bridgehead atoms. The topological polar surface area (TPSA) is 122 Å². The Labute approximate surface area is 132 Å². The van der Waals surface area contributed by atoms with Gasteiger partial charge in [0.25, 0.3) is 0 Å². The molecule has 0 radical (unpaired) electrons. The predicted molar refractivity (Wildman–Crippen MR) is 78.3 cm³/mol. The van der Waals surface area contributed by atoms with Gasteiger partial charge in [-0.15, -0.1) is 0 Å². The summed E-state index contributed by atoms with van der Waals surface area (Å²) in [6.45, 7) is 4.51. The molecule has 9 heteroatoms. The van der Waals surface area contributed by atoms with Gasteiger partial charge in [0.15, 0.2) is 0 Å². The zero-order valence-electron chi connectivity index (χ0n) is 12.9. The van der Waals surface area contributed by atoms with E-state index in [0.717, 1.165) is 12.1 Å². The average molecular weight is 330 g/mol. The van der Waals surface area contributed by atoms with E-state index in [1.54, 1.807) is 20.8 Å². The summed E-state index contributed by atoms with van der Waals surface area (Å²) in [6.07, 6.45) is -4.15. The van der Waals surface area contributed by atoms with E-state index in [1.807, 2.05) is 0 Å². The number of nitrogens with zero attached hydrogens (tertiary/aromatic N) is 1. The minimum absolute atomic E-state index is 0.381. The fraction of sp³-hybridized carbons (Fsp3) is 0.500. The lowest BCUT2D eigenvalue weighted by molar-refractivity contribution is -0.389. The van der Waals surface area contributed by atoms with Crippen LogP contribution in [-0.4, -0.2) is 39.5 Å². The number of aliphatic hydroxyl groups is 2. The number of carbonyl (C=O) groups excluding carboxylic acids is 1. The van der Waals surface area contributed by atoms with Gasteiger partial charge in [-0.05, 0) is 32.9 Å². The van der Waals surface area contributed by atoms with E-state index in [9.17, 15) is 29.5 Å². The van der Waals surface area contributed by atoms with E-state index in [2.05, 4.69) is 5.32 Å². The zero-order chi connectivity index (χ0) is 17.8. The van der Waals surface area contributed by atoms with Crippen LogP contribution in [0.5, 0.6) is 0 Å². The second kappa shape index (κ2) is 7.34. The first kappa shape index (κ1) is 18.8. The molecule has 8 nitrogen and oxygen atoms in total. The number of benzene rings is 1. The Kier molecular flexibility index (Phi) is 5.99. The molecule has 0 aromatic heterocycles. The van der Waals surface area contributed by atoms with Crippen molar-refractivity contribution < 1.29 is 29.1 Å². The maximum absolute atomic E-state index is 13.5. The van der Waals surface area contributed by atoms with E-state index in [-0.39, 0.29) is 5.56 Å². The highest BCUT2D eigenvalue weighted by atomic mass is 19.1. The van der Waals surface area contributed by atoms with Gasteiger partial charge in [0.2, 0.25) is 5.82 Å². The van der Waals surface area contributed by atoms with Crippen molar-refractivity contribution >= 4 is 11.8 Å². The zero-order valence-corrected chi connectivity index (χ0v) is 12.9.